The van der Waals surface area contributed by atoms with Gasteiger partial charge in [0.05, 0.1) is 21.3 Å². The molecule has 182 valence electrons. The normalized spacial score (nSPS) is 16.0. The Bertz CT molecular complexity index is 1410. The van der Waals surface area contributed by atoms with Crippen LogP contribution in [0.2, 0.25) is 5.02 Å². The summed E-state index contributed by atoms with van der Waals surface area (Å²) in [6.07, 6.45) is 2.70. The fourth-order valence-corrected chi connectivity index (χ4v) is 6.56. The van der Waals surface area contributed by atoms with Gasteiger partial charge in [-0.25, -0.2) is 8.42 Å². The van der Waals surface area contributed by atoms with Crippen molar-refractivity contribution < 1.29 is 8.42 Å². The van der Waals surface area contributed by atoms with Gasteiger partial charge in [-0.1, -0.05) is 55.8 Å². The minimum absolute atomic E-state index is 0.380. The average Bonchev–Trinajstić information content (AvgIpc) is 3.31. The van der Waals surface area contributed by atoms with E-state index in [1.54, 1.807) is 12.1 Å². The number of pyridine rings is 1. The van der Waals surface area contributed by atoms with E-state index in [0.29, 0.717) is 21.4 Å². The third-order valence-electron chi connectivity index (χ3n) is 5.71. The number of anilines is 2. The Morgan fingerprint density at radius 1 is 1.06 bits per heavy atom. The number of rotatable bonds is 5. The molecule has 1 aliphatic heterocycles. The first-order chi connectivity index (χ1) is 17.0. The van der Waals surface area contributed by atoms with Gasteiger partial charge in [0.15, 0.2) is 11.0 Å². The van der Waals surface area contributed by atoms with Gasteiger partial charge < -0.3 is 4.72 Å². The summed E-state index contributed by atoms with van der Waals surface area (Å²) in [6.45, 7) is 6.77. The molecule has 1 aromatic heterocycles. The maximum absolute atomic E-state index is 13.1. The molecule has 0 aliphatic carbocycles. The molecule has 1 N–H and O–H groups in total. The number of nitrogens with one attached hydrogen (secondary N) is 1. The Morgan fingerprint density at radius 3 is 2.60 bits per heavy atom. The summed E-state index contributed by atoms with van der Waals surface area (Å²) in [5, 5.41) is 2.57. The van der Waals surface area contributed by atoms with E-state index in [4.69, 9.17) is 11.6 Å². The van der Waals surface area contributed by atoms with Gasteiger partial charge >= 0.3 is 0 Å². The van der Waals surface area contributed by atoms with E-state index in [2.05, 4.69) is 21.8 Å². The molecule has 1 saturated heterocycles. The molecule has 2 atom stereocenters. The lowest BCUT2D eigenvalue weighted by atomic mass is 10.00. The third-order valence-corrected chi connectivity index (χ3v) is 8.83. The molecule has 2 heterocycles. The van der Waals surface area contributed by atoms with Crippen molar-refractivity contribution in [2.75, 3.05) is 21.3 Å². The van der Waals surface area contributed by atoms with E-state index in [0.717, 1.165) is 46.2 Å². The van der Waals surface area contributed by atoms with Gasteiger partial charge in [0.1, 0.15) is 11.0 Å². The van der Waals surface area contributed by atoms with E-state index in [1.807, 2.05) is 73.7 Å². The minimum Gasteiger partial charge on any atom is -0.301 e. The first-order valence-electron chi connectivity index (χ1n) is 11.6. The van der Waals surface area contributed by atoms with E-state index in [9.17, 15) is 8.42 Å². The Balaban J connectivity index is 0.00000141. The molecule has 0 radical (unpaired) electrons. The highest BCUT2D eigenvalue weighted by Gasteiger charge is 2.22. The fraction of sp³-hybridized carbons (Fsp3) is 0.222. The van der Waals surface area contributed by atoms with Crippen LogP contribution in [-0.2, 0) is 22.0 Å². The van der Waals surface area contributed by atoms with Crippen LogP contribution in [0.25, 0.3) is 22.0 Å². The molecule has 1 aliphatic rings. The second-order valence-corrected chi connectivity index (χ2v) is 11.0. The Hall–Kier alpha value is -2.74. The van der Waals surface area contributed by atoms with Gasteiger partial charge in [-0.3, -0.25) is 9.29 Å². The molecule has 35 heavy (non-hydrogen) atoms. The number of aromatic nitrogens is 1. The standard InChI is InChI=1S/C25H22ClN3O2S2.C2H6/c1-17-7-8-19(15-22(17)25-21-6-3-2-5-18(21)11-12-27-25)28-33(31)24-10-9-20(16-23(24)26)29-13-4-14-32(29)30;1-2/h2-3,5-12,15-16,28H,4,13-14H2,1H3;1-2H3. The van der Waals surface area contributed by atoms with Crippen LogP contribution < -0.4 is 9.03 Å². The predicted octanol–water partition coefficient (Wildman–Crippen LogP) is 6.90. The molecule has 3 aromatic carbocycles. The monoisotopic (exact) mass is 525 g/mol. The van der Waals surface area contributed by atoms with E-state index in [1.165, 1.54) is 0 Å². The van der Waals surface area contributed by atoms with Gasteiger partial charge in [0.2, 0.25) is 0 Å². The molecule has 2 unspecified atom stereocenters. The molecule has 5 rings (SSSR count). The summed E-state index contributed by atoms with van der Waals surface area (Å²) >= 11 is 6.47. The van der Waals surface area contributed by atoms with Gasteiger partial charge in [-0.2, -0.15) is 0 Å². The largest absolute Gasteiger partial charge is 0.301 e. The summed E-state index contributed by atoms with van der Waals surface area (Å²) in [5.74, 6) is 0.661. The van der Waals surface area contributed by atoms with Gasteiger partial charge in [-0.15, -0.1) is 0 Å². The molecule has 0 saturated carbocycles. The highest BCUT2D eigenvalue weighted by atomic mass is 35.5. The van der Waals surface area contributed by atoms with Crippen LogP contribution >= 0.6 is 11.6 Å². The topological polar surface area (TPSA) is 62.3 Å². The maximum atomic E-state index is 13.1. The molecule has 0 bridgehead atoms. The molecule has 5 nitrogen and oxygen atoms in total. The number of benzene rings is 3. The summed E-state index contributed by atoms with van der Waals surface area (Å²) in [4.78, 5) is 5.11. The van der Waals surface area contributed by atoms with Crippen LogP contribution in [0.5, 0.6) is 0 Å². The molecule has 1 fully saturated rings. The second kappa shape index (κ2) is 11.3. The van der Waals surface area contributed by atoms with Crippen LogP contribution in [0.15, 0.2) is 77.8 Å². The predicted molar refractivity (Wildman–Crippen MR) is 150 cm³/mol. The minimum atomic E-state index is -1.56. The smallest absolute Gasteiger partial charge is 0.151 e. The van der Waals surface area contributed by atoms with Crippen molar-refractivity contribution in [1.29, 1.82) is 0 Å². The zero-order valence-electron chi connectivity index (χ0n) is 20.0. The molecule has 4 aromatic rings. The van der Waals surface area contributed by atoms with Gasteiger partial charge in [0.25, 0.3) is 0 Å². The highest BCUT2D eigenvalue weighted by molar-refractivity contribution is 7.87. The second-order valence-electron chi connectivity index (χ2n) is 7.88. The molecule has 8 heteroatoms. The van der Waals surface area contributed by atoms with Crippen molar-refractivity contribution >= 4 is 55.7 Å². The Labute approximate surface area is 216 Å². The lowest BCUT2D eigenvalue weighted by Crippen LogP contribution is -2.19. The van der Waals surface area contributed by atoms with E-state index in [-0.39, 0.29) is 0 Å². The van der Waals surface area contributed by atoms with Crippen molar-refractivity contribution in [2.24, 2.45) is 0 Å². The summed E-state index contributed by atoms with van der Waals surface area (Å²) in [5.41, 5.74) is 4.45. The molecular formula is C27H28ClN3O2S2. The van der Waals surface area contributed by atoms with Crippen molar-refractivity contribution in [3.05, 3.63) is 83.5 Å². The summed E-state index contributed by atoms with van der Waals surface area (Å²) in [7, 11) is -2.58. The van der Waals surface area contributed by atoms with Crippen molar-refractivity contribution in [3.63, 3.8) is 0 Å². The van der Waals surface area contributed by atoms with Crippen molar-refractivity contribution in [3.8, 4) is 11.3 Å². The van der Waals surface area contributed by atoms with Crippen LogP contribution in [0.1, 0.15) is 25.8 Å². The first-order valence-corrected chi connectivity index (χ1v) is 14.4. The fourth-order valence-electron chi connectivity index (χ4n) is 4.02. The lowest BCUT2D eigenvalue weighted by Gasteiger charge is -2.17. The third kappa shape index (κ3) is 5.42. The van der Waals surface area contributed by atoms with Gasteiger partial charge in [0, 0.05) is 35.1 Å². The number of hydrogen-bond acceptors (Lipinski definition) is 3. The molecular weight excluding hydrogens is 498 g/mol. The average molecular weight is 526 g/mol. The number of halogens is 1. The van der Waals surface area contributed by atoms with Crippen LogP contribution in [-0.4, -0.2) is 25.7 Å². The zero-order chi connectivity index (χ0) is 24.9. The van der Waals surface area contributed by atoms with Crippen LogP contribution in [0.4, 0.5) is 11.4 Å². The number of hydrogen-bond donors (Lipinski definition) is 1. The zero-order valence-corrected chi connectivity index (χ0v) is 22.3. The van der Waals surface area contributed by atoms with Crippen LogP contribution in [0.3, 0.4) is 0 Å². The summed E-state index contributed by atoms with van der Waals surface area (Å²) < 4.78 is 30.1. The van der Waals surface area contributed by atoms with Crippen LogP contribution in [0, 0.1) is 6.92 Å². The SMILES string of the molecule is CC.Cc1ccc(NS(=O)c2ccc(N3CCCS3=O)cc2Cl)cc1-c1nccc2ccccc12. The van der Waals surface area contributed by atoms with Crippen molar-refractivity contribution in [2.45, 2.75) is 32.1 Å². The highest BCUT2D eigenvalue weighted by Crippen LogP contribution is 2.33. The van der Waals surface area contributed by atoms with Gasteiger partial charge in [-0.05, 0) is 60.7 Å². The summed E-state index contributed by atoms with van der Waals surface area (Å²) in [6, 6.07) is 21.3. The quantitative estimate of drug-likeness (QED) is 0.308. The molecule has 0 amide bonds. The van der Waals surface area contributed by atoms with Crippen molar-refractivity contribution in [1.82, 2.24) is 4.98 Å². The van der Waals surface area contributed by atoms with E-state index < -0.39 is 22.0 Å². The number of aryl methyl sites for hydroxylation is 1. The Kier molecular flexibility index (Phi) is 8.21. The lowest BCUT2D eigenvalue weighted by molar-refractivity contribution is 0.685. The molecule has 0 spiro atoms. The Morgan fingerprint density at radius 2 is 1.86 bits per heavy atom. The van der Waals surface area contributed by atoms with E-state index >= 15 is 0 Å². The number of nitrogens with zero attached hydrogens (tertiary/aromatic N) is 2. The number of fused-ring (bicyclic) bond motifs is 1. The maximum Gasteiger partial charge on any atom is 0.151 e. The first kappa shape index (κ1) is 25.4.